The number of amides is 2. The Balaban J connectivity index is 1.70. The molecule has 4 rings (SSSR count). The van der Waals surface area contributed by atoms with Crippen molar-refractivity contribution in [2.75, 3.05) is 11.4 Å². The molecule has 0 bridgehead atoms. The first-order valence-corrected chi connectivity index (χ1v) is 13.1. The second kappa shape index (κ2) is 10.9. The second-order valence-electron chi connectivity index (χ2n) is 9.33. The van der Waals surface area contributed by atoms with Crippen LogP contribution in [0.15, 0.2) is 29.6 Å². The van der Waals surface area contributed by atoms with Crippen LogP contribution in [0.3, 0.4) is 0 Å². The van der Waals surface area contributed by atoms with Gasteiger partial charge in [0.05, 0.1) is 18.0 Å². The molecule has 1 aliphatic heterocycles. The van der Waals surface area contributed by atoms with Crippen LogP contribution in [-0.2, 0) is 14.4 Å². The van der Waals surface area contributed by atoms with Gasteiger partial charge in [0, 0.05) is 35.5 Å². The van der Waals surface area contributed by atoms with E-state index in [1.54, 1.807) is 11.0 Å². The van der Waals surface area contributed by atoms with E-state index in [1.165, 1.54) is 18.3 Å². The Morgan fingerprint density at radius 1 is 1.21 bits per heavy atom. The van der Waals surface area contributed by atoms with Crippen molar-refractivity contribution >= 4 is 45.9 Å². The fourth-order valence-electron chi connectivity index (χ4n) is 5.51. The van der Waals surface area contributed by atoms with E-state index >= 15 is 0 Å². The van der Waals surface area contributed by atoms with Crippen molar-refractivity contribution in [1.29, 1.82) is 0 Å². The Kier molecular flexibility index (Phi) is 7.88. The van der Waals surface area contributed by atoms with Gasteiger partial charge in [0.15, 0.2) is 5.13 Å². The number of aliphatic carboxylic acids is 1. The van der Waals surface area contributed by atoms with E-state index in [0.717, 1.165) is 37.7 Å². The van der Waals surface area contributed by atoms with E-state index in [2.05, 4.69) is 5.32 Å². The molecular formula is C25H30ClN3O4S. The predicted molar refractivity (Wildman–Crippen MR) is 133 cm³/mol. The van der Waals surface area contributed by atoms with Crippen LogP contribution in [0, 0.1) is 17.8 Å². The number of nitrogens with one attached hydrogen (secondary N) is 1. The summed E-state index contributed by atoms with van der Waals surface area (Å²) >= 11 is 7.68. The highest BCUT2D eigenvalue weighted by atomic mass is 35.5. The number of carboxylic acid groups (broad SMARTS) is 1. The first-order chi connectivity index (χ1) is 16.3. The molecule has 2 amide bonds. The largest absolute Gasteiger partial charge is 0.481 e. The van der Waals surface area contributed by atoms with Crippen molar-refractivity contribution in [2.24, 2.45) is 17.8 Å². The molecule has 3 atom stereocenters. The number of hydrogen-bond donors (Lipinski definition) is 2. The molecule has 1 aromatic carbocycles. The predicted octanol–water partition coefficient (Wildman–Crippen LogP) is 4.99. The van der Waals surface area contributed by atoms with Crippen molar-refractivity contribution < 1.29 is 19.5 Å². The number of aromatic nitrogens is 1. The third kappa shape index (κ3) is 5.61. The van der Waals surface area contributed by atoms with Crippen molar-refractivity contribution in [2.45, 2.75) is 57.9 Å². The quantitative estimate of drug-likeness (QED) is 0.578. The minimum Gasteiger partial charge on any atom is -0.481 e. The van der Waals surface area contributed by atoms with Gasteiger partial charge in [-0.15, -0.1) is 11.3 Å². The molecule has 1 aromatic heterocycles. The van der Waals surface area contributed by atoms with E-state index in [9.17, 15) is 19.5 Å². The van der Waals surface area contributed by atoms with Gasteiger partial charge < -0.3 is 10.4 Å². The first-order valence-electron chi connectivity index (χ1n) is 11.8. The second-order valence-corrected chi connectivity index (χ2v) is 10.6. The summed E-state index contributed by atoms with van der Waals surface area (Å²) < 4.78 is 0. The lowest BCUT2D eigenvalue weighted by Crippen LogP contribution is -2.51. The van der Waals surface area contributed by atoms with Gasteiger partial charge in [-0.1, -0.05) is 55.5 Å². The lowest BCUT2D eigenvalue weighted by Gasteiger charge is -2.38. The molecule has 2 fully saturated rings. The van der Waals surface area contributed by atoms with Gasteiger partial charge in [-0.3, -0.25) is 19.3 Å². The number of carboxylic acids is 1. The third-order valence-corrected chi connectivity index (χ3v) is 8.22. The zero-order valence-corrected chi connectivity index (χ0v) is 20.8. The number of thiazole rings is 1. The molecule has 2 N–H and O–H groups in total. The molecule has 2 heterocycles. The maximum atomic E-state index is 13.9. The highest BCUT2D eigenvalue weighted by molar-refractivity contribution is 7.14. The van der Waals surface area contributed by atoms with Gasteiger partial charge in [0.25, 0.3) is 0 Å². The fourth-order valence-corrected chi connectivity index (χ4v) is 6.59. The number of anilines is 1. The average molecular weight is 504 g/mol. The van der Waals surface area contributed by atoms with E-state index in [-0.39, 0.29) is 36.7 Å². The van der Waals surface area contributed by atoms with Gasteiger partial charge in [-0.25, -0.2) is 4.98 Å². The number of hydrogen-bond acceptors (Lipinski definition) is 5. The van der Waals surface area contributed by atoms with E-state index in [4.69, 9.17) is 16.6 Å². The summed E-state index contributed by atoms with van der Waals surface area (Å²) in [6, 6.07) is 7.17. The SMILES string of the molecule is CC(=O)NC1CCC(C2CCCC2)C(CC(=O)O)C(=O)N(c2nc(-c3ccccc3Cl)cs2)C1. The van der Waals surface area contributed by atoms with Crippen molar-refractivity contribution in [1.82, 2.24) is 10.3 Å². The number of nitrogens with zero attached hydrogens (tertiary/aromatic N) is 2. The minimum atomic E-state index is -0.962. The molecule has 2 aromatic rings. The van der Waals surface area contributed by atoms with Gasteiger partial charge in [0.1, 0.15) is 0 Å². The van der Waals surface area contributed by atoms with E-state index < -0.39 is 11.9 Å². The molecule has 1 saturated carbocycles. The van der Waals surface area contributed by atoms with Gasteiger partial charge in [-0.2, -0.15) is 0 Å². The molecular weight excluding hydrogens is 474 g/mol. The Morgan fingerprint density at radius 3 is 2.62 bits per heavy atom. The highest BCUT2D eigenvalue weighted by Crippen LogP contribution is 2.42. The van der Waals surface area contributed by atoms with Crippen molar-refractivity contribution in [3.63, 3.8) is 0 Å². The topological polar surface area (TPSA) is 99.6 Å². The lowest BCUT2D eigenvalue weighted by molar-refractivity contribution is -0.142. The monoisotopic (exact) mass is 503 g/mol. The summed E-state index contributed by atoms with van der Waals surface area (Å²) in [5.74, 6) is -1.61. The van der Waals surface area contributed by atoms with Crippen molar-refractivity contribution in [3.05, 3.63) is 34.7 Å². The molecule has 0 radical (unpaired) electrons. The Hall–Kier alpha value is -2.45. The number of carbonyl (C=O) groups excluding carboxylic acids is 2. The Morgan fingerprint density at radius 2 is 1.94 bits per heavy atom. The molecule has 7 nitrogen and oxygen atoms in total. The lowest BCUT2D eigenvalue weighted by atomic mass is 9.74. The smallest absolute Gasteiger partial charge is 0.304 e. The number of halogens is 1. The van der Waals surface area contributed by atoms with E-state index in [1.807, 2.05) is 23.6 Å². The van der Waals surface area contributed by atoms with Crippen LogP contribution < -0.4 is 10.2 Å². The maximum absolute atomic E-state index is 13.9. The van der Waals surface area contributed by atoms with Gasteiger partial charge in [0.2, 0.25) is 11.8 Å². The van der Waals surface area contributed by atoms with Crippen LogP contribution in [0.25, 0.3) is 11.3 Å². The Bertz CT molecular complexity index is 1050. The minimum absolute atomic E-state index is 0.0202. The zero-order chi connectivity index (χ0) is 24.2. The fraction of sp³-hybridized carbons (Fsp3) is 0.520. The van der Waals surface area contributed by atoms with Gasteiger partial charge in [-0.05, 0) is 30.7 Å². The van der Waals surface area contributed by atoms with Crippen LogP contribution in [0.5, 0.6) is 0 Å². The summed E-state index contributed by atoms with van der Waals surface area (Å²) in [4.78, 5) is 43.9. The highest BCUT2D eigenvalue weighted by Gasteiger charge is 2.42. The summed E-state index contributed by atoms with van der Waals surface area (Å²) in [5, 5.41) is 15.6. The number of rotatable bonds is 6. The first kappa shape index (κ1) is 24.7. The molecule has 1 aliphatic carbocycles. The van der Waals surface area contributed by atoms with Crippen LogP contribution in [0.1, 0.15) is 51.9 Å². The molecule has 3 unspecified atom stereocenters. The standard InChI is InChI=1S/C25H30ClN3O4S/c1-15(30)27-17-10-11-18(16-6-2-3-7-16)20(12-23(31)32)24(33)29(13-17)25-28-22(14-34-25)19-8-4-5-9-21(19)26/h4-5,8-9,14,16-18,20H,2-3,6-7,10-13H2,1H3,(H,27,30)(H,31,32). The average Bonchev–Trinajstić information content (AvgIpc) is 3.47. The Labute approximate surface area is 208 Å². The van der Waals surface area contributed by atoms with Crippen molar-refractivity contribution in [3.8, 4) is 11.3 Å². The summed E-state index contributed by atoms with van der Waals surface area (Å²) in [6.45, 7) is 1.74. The van der Waals surface area contributed by atoms with Gasteiger partial charge >= 0.3 is 5.97 Å². The van der Waals surface area contributed by atoms with E-state index in [0.29, 0.717) is 28.2 Å². The summed E-state index contributed by atoms with van der Waals surface area (Å²) in [6.07, 6.45) is 5.51. The van der Waals surface area contributed by atoms with Crippen LogP contribution in [-0.4, -0.2) is 40.5 Å². The maximum Gasteiger partial charge on any atom is 0.304 e. The number of carbonyl (C=O) groups is 3. The summed E-state index contributed by atoms with van der Waals surface area (Å²) in [5.41, 5.74) is 1.44. The number of benzene rings is 1. The summed E-state index contributed by atoms with van der Waals surface area (Å²) in [7, 11) is 0. The molecule has 2 aliphatic rings. The normalized spacial score (nSPS) is 24.0. The van der Waals surface area contributed by atoms with Crippen LogP contribution in [0.2, 0.25) is 5.02 Å². The molecule has 182 valence electrons. The van der Waals surface area contributed by atoms with Crippen LogP contribution >= 0.6 is 22.9 Å². The third-order valence-electron chi connectivity index (χ3n) is 7.03. The molecule has 1 saturated heterocycles. The van der Waals surface area contributed by atoms with Crippen LogP contribution in [0.4, 0.5) is 5.13 Å². The molecule has 0 spiro atoms. The zero-order valence-electron chi connectivity index (χ0n) is 19.2. The molecule has 9 heteroatoms. The molecule has 34 heavy (non-hydrogen) atoms.